The molecule has 0 radical (unpaired) electrons. The maximum atomic E-state index is 11.6. The summed E-state index contributed by atoms with van der Waals surface area (Å²) in [5.41, 5.74) is 2.50. The fraction of sp³-hybridized carbons (Fsp3) is 0.923. The molecule has 1 heterocycles. The molecule has 0 spiro atoms. The lowest BCUT2D eigenvalue weighted by Crippen LogP contribution is -2.44. The van der Waals surface area contributed by atoms with Gasteiger partial charge in [0.15, 0.2) is 0 Å². The van der Waals surface area contributed by atoms with Gasteiger partial charge in [-0.05, 0) is 38.1 Å². The van der Waals surface area contributed by atoms with E-state index in [2.05, 4.69) is 16.1 Å². The van der Waals surface area contributed by atoms with Gasteiger partial charge in [0.25, 0.3) is 0 Å². The number of hydrogen-bond acceptors (Lipinski definition) is 3. The first kappa shape index (κ1) is 13.6. The van der Waals surface area contributed by atoms with E-state index in [9.17, 15) is 4.79 Å². The van der Waals surface area contributed by atoms with Crippen LogP contribution in [0.5, 0.6) is 0 Å². The second-order valence-electron chi connectivity index (χ2n) is 5.43. The van der Waals surface area contributed by atoms with Gasteiger partial charge < -0.3 is 10.6 Å². The van der Waals surface area contributed by atoms with Crippen LogP contribution in [0.4, 0.5) is 4.79 Å². The third kappa shape index (κ3) is 4.82. The summed E-state index contributed by atoms with van der Waals surface area (Å²) >= 11 is 0. The molecule has 1 aliphatic heterocycles. The molecule has 0 bridgehead atoms. The van der Waals surface area contributed by atoms with E-state index in [1.807, 2.05) is 0 Å². The molecule has 1 saturated heterocycles. The van der Waals surface area contributed by atoms with Gasteiger partial charge in [-0.15, -0.1) is 0 Å². The van der Waals surface area contributed by atoms with Crippen LogP contribution in [0.3, 0.4) is 0 Å². The molecule has 1 unspecified atom stereocenters. The van der Waals surface area contributed by atoms with Crippen molar-refractivity contribution in [2.24, 2.45) is 5.92 Å². The molecule has 0 aromatic heterocycles. The second-order valence-corrected chi connectivity index (χ2v) is 5.43. The van der Waals surface area contributed by atoms with Gasteiger partial charge in [0, 0.05) is 12.6 Å². The summed E-state index contributed by atoms with van der Waals surface area (Å²) < 4.78 is 0. The number of rotatable bonds is 4. The van der Waals surface area contributed by atoms with Gasteiger partial charge >= 0.3 is 6.03 Å². The first-order valence-corrected chi connectivity index (χ1v) is 7.23. The Labute approximate surface area is 109 Å². The molecule has 1 aliphatic carbocycles. The molecule has 2 rings (SSSR count). The number of urea groups is 1. The quantitative estimate of drug-likeness (QED) is 0.668. The van der Waals surface area contributed by atoms with Crippen molar-refractivity contribution in [3.05, 3.63) is 0 Å². The van der Waals surface area contributed by atoms with Crippen LogP contribution in [-0.4, -0.2) is 31.8 Å². The van der Waals surface area contributed by atoms with Crippen LogP contribution < -0.4 is 16.1 Å². The third-order valence-electron chi connectivity index (χ3n) is 3.82. The lowest BCUT2D eigenvalue weighted by Gasteiger charge is -2.24. The molecule has 0 aromatic carbocycles. The number of piperidine rings is 1. The summed E-state index contributed by atoms with van der Waals surface area (Å²) in [5.74, 6) is 0.522. The zero-order valence-electron chi connectivity index (χ0n) is 11.0. The number of nitrogens with one attached hydrogen (secondary N) is 3. The normalized spacial score (nSPS) is 25.7. The Bertz CT molecular complexity index is 249. The van der Waals surface area contributed by atoms with Crippen molar-refractivity contribution in [3.8, 4) is 0 Å². The highest BCUT2D eigenvalue weighted by Gasteiger charge is 2.16. The molecule has 2 amide bonds. The summed E-state index contributed by atoms with van der Waals surface area (Å²) in [5, 5.41) is 6.30. The van der Waals surface area contributed by atoms with E-state index in [0.717, 1.165) is 25.9 Å². The van der Waals surface area contributed by atoms with Gasteiger partial charge in [-0.25, -0.2) is 10.3 Å². The van der Waals surface area contributed by atoms with Crippen LogP contribution in [0, 0.1) is 5.92 Å². The Balaban J connectivity index is 1.53. The number of carbonyl (C=O) groups is 1. The second kappa shape index (κ2) is 7.59. The molecular formula is C13H25N3O2. The average molecular weight is 255 g/mol. The van der Waals surface area contributed by atoms with E-state index in [-0.39, 0.29) is 6.03 Å². The molecule has 1 saturated carbocycles. The summed E-state index contributed by atoms with van der Waals surface area (Å²) in [6, 6.07) is 0.143. The predicted octanol–water partition coefficient (Wildman–Crippen LogP) is 1.55. The fourth-order valence-corrected chi connectivity index (χ4v) is 2.75. The van der Waals surface area contributed by atoms with Crippen LogP contribution in [0.1, 0.15) is 44.9 Å². The number of carbonyl (C=O) groups excluding carboxylic acids is 1. The molecule has 1 atom stereocenters. The summed E-state index contributed by atoms with van der Waals surface area (Å²) in [4.78, 5) is 16.9. The van der Waals surface area contributed by atoms with E-state index >= 15 is 0 Å². The van der Waals surface area contributed by atoms with Gasteiger partial charge in [-0.3, -0.25) is 4.84 Å². The van der Waals surface area contributed by atoms with E-state index in [1.165, 1.54) is 32.1 Å². The first-order valence-electron chi connectivity index (χ1n) is 7.23. The molecule has 2 aliphatic rings. The van der Waals surface area contributed by atoms with Crippen LogP contribution >= 0.6 is 0 Å². The first-order chi connectivity index (χ1) is 8.84. The van der Waals surface area contributed by atoms with Crippen LogP contribution in [0.15, 0.2) is 0 Å². The molecule has 5 heteroatoms. The third-order valence-corrected chi connectivity index (χ3v) is 3.82. The Hall–Kier alpha value is -0.810. The van der Waals surface area contributed by atoms with Gasteiger partial charge in [-0.1, -0.05) is 19.3 Å². The van der Waals surface area contributed by atoms with Crippen molar-refractivity contribution in [2.75, 3.05) is 19.7 Å². The zero-order chi connectivity index (χ0) is 12.6. The number of hydroxylamine groups is 1. The Morgan fingerprint density at radius 2 is 2.00 bits per heavy atom. The Morgan fingerprint density at radius 1 is 1.17 bits per heavy atom. The maximum Gasteiger partial charge on any atom is 0.338 e. The van der Waals surface area contributed by atoms with Gasteiger partial charge in [0.2, 0.25) is 0 Å². The van der Waals surface area contributed by atoms with Crippen LogP contribution in [-0.2, 0) is 4.84 Å². The zero-order valence-corrected chi connectivity index (χ0v) is 11.0. The summed E-state index contributed by atoms with van der Waals surface area (Å²) in [6.45, 7) is 2.70. The largest absolute Gasteiger partial charge is 0.338 e. The lowest BCUT2D eigenvalue weighted by molar-refractivity contribution is 0.0305. The van der Waals surface area contributed by atoms with Gasteiger partial charge in [0.05, 0.1) is 6.61 Å². The topological polar surface area (TPSA) is 62.4 Å². The fourth-order valence-electron chi connectivity index (χ4n) is 2.75. The number of amides is 2. The van der Waals surface area contributed by atoms with Crippen molar-refractivity contribution >= 4 is 6.03 Å². The summed E-state index contributed by atoms with van der Waals surface area (Å²) in [7, 11) is 0. The lowest BCUT2D eigenvalue weighted by atomic mass is 9.96. The average Bonchev–Trinajstić information content (AvgIpc) is 2.41. The van der Waals surface area contributed by atoms with E-state index < -0.39 is 0 Å². The van der Waals surface area contributed by atoms with Crippen molar-refractivity contribution in [3.63, 3.8) is 0 Å². The van der Waals surface area contributed by atoms with Crippen molar-refractivity contribution in [1.29, 1.82) is 0 Å². The number of hydrogen-bond donors (Lipinski definition) is 3. The van der Waals surface area contributed by atoms with Crippen LogP contribution in [0.2, 0.25) is 0 Å². The van der Waals surface area contributed by atoms with E-state index in [0.29, 0.717) is 18.6 Å². The molecule has 2 fully saturated rings. The maximum absolute atomic E-state index is 11.6. The minimum atomic E-state index is -0.189. The standard InChI is InChI=1S/C13H25N3O2/c17-13(15-12-6-2-1-3-7-12)16-18-10-11-5-4-8-14-9-11/h11-12,14H,1-10H2,(H2,15,16,17). The predicted molar refractivity (Wildman–Crippen MR) is 70.1 cm³/mol. The summed E-state index contributed by atoms with van der Waals surface area (Å²) in [6.07, 6.45) is 8.31. The minimum Gasteiger partial charge on any atom is -0.334 e. The highest BCUT2D eigenvalue weighted by atomic mass is 16.7. The van der Waals surface area contributed by atoms with Crippen molar-refractivity contribution in [2.45, 2.75) is 51.0 Å². The smallest absolute Gasteiger partial charge is 0.334 e. The van der Waals surface area contributed by atoms with Crippen molar-refractivity contribution in [1.82, 2.24) is 16.1 Å². The Kier molecular flexibility index (Phi) is 5.74. The molecule has 3 N–H and O–H groups in total. The molecular weight excluding hydrogens is 230 g/mol. The van der Waals surface area contributed by atoms with Crippen LogP contribution in [0.25, 0.3) is 0 Å². The molecule has 5 nitrogen and oxygen atoms in total. The van der Waals surface area contributed by atoms with Crippen molar-refractivity contribution < 1.29 is 9.63 Å². The molecule has 0 aromatic rings. The van der Waals surface area contributed by atoms with E-state index in [4.69, 9.17) is 4.84 Å². The van der Waals surface area contributed by atoms with Gasteiger partial charge in [-0.2, -0.15) is 0 Å². The molecule has 104 valence electrons. The highest BCUT2D eigenvalue weighted by Crippen LogP contribution is 2.17. The highest BCUT2D eigenvalue weighted by molar-refractivity contribution is 5.73. The SMILES string of the molecule is O=C(NOCC1CCCNC1)NC1CCCCC1. The molecule has 18 heavy (non-hydrogen) atoms. The minimum absolute atomic E-state index is 0.189. The monoisotopic (exact) mass is 255 g/mol. The van der Waals surface area contributed by atoms with E-state index in [1.54, 1.807) is 0 Å². The van der Waals surface area contributed by atoms with Gasteiger partial charge in [0.1, 0.15) is 0 Å². The Morgan fingerprint density at radius 3 is 2.72 bits per heavy atom.